The van der Waals surface area contributed by atoms with Gasteiger partial charge in [0, 0.05) is 58.8 Å². The van der Waals surface area contributed by atoms with Crippen LogP contribution in [-0.4, -0.2) is 57.1 Å². The van der Waals surface area contributed by atoms with Crippen molar-refractivity contribution in [3.05, 3.63) is 84.2 Å². The minimum absolute atomic E-state index is 0.0530. The van der Waals surface area contributed by atoms with Crippen LogP contribution in [0.15, 0.2) is 67.3 Å². The number of pyridine rings is 3. The summed E-state index contributed by atoms with van der Waals surface area (Å²) >= 11 is 0. The highest BCUT2D eigenvalue weighted by Crippen LogP contribution is 2.34. The number of H-pyrrole nitrogens is 2. The second-order valence-electron chi connectivity index (χ2n) is 12.1. The summed E-state index contributed by atoms with van der Waals surface area (Å²) in [5.74, 6) is 0.286. The van der Waals surface area contributed by atoms with Gasteiger partial charge < -0.3 is 10.3 Å². The third kappa shape index (κ3) is 6.50. The lowest BCUT2D eigenvalue weighted by molar-refractivity contribution is 0.489. The third-order valence-corrected chi connectivity index (χ3v) is 9.52. The highest BCUT2D eigenvalue weighted by Gasteiger charge is 2.17. The van der Waals surface area contributed by atoms with Gasteiger partial charge in [0.15, 0.2) is 0 Å². The number of hydrogen-bond donors (Lipinski definition) is 3. The minimum atomic E-state index is -3.18. The van der Waals surface area contributed by atoms with Crippen molar-refractivity contribution in [3.8, 4) is 33.9 Å². The zero-order valence-electron chi connectivity index (χ0n) is 25.0. The number of rotatable bonds is 10. The van der Waals surface area contributed by atoms with E-state index in [0.29, 0.717) is 16.8 Å². The molecular formula is C34H34FN7O2S. The van der Waals surface area contributed by atoms with Crippen LogP contribution < -0.4 is 5.32 Å². The Hall–Kier alpha value is -4.48. The third-order valence-electron chi connectivity index (χ3n) is 8.57. The monoisotopic (exact) mass is 623 g/mol. The fourth-order valence-electron chi connectivity index (χ4n) is 6.29. The molecule has 0 saturated heterocycles. The summed E-state index contributed by atoms with van der Waals surface area (Å²) in [5.41, 5.74) is 7.77. The van der Waals surface area contributed by atoms with Crippen LogP contribution in [0.3, 0.4) is 0 Å². The predicted octanol–water partition coefficient (Wildman–Crippen LogP) is 6.24. The smallest absolute Gasteiger partial charge is 0.147 e. The average molecular weight is 624 g/mol. The molecule has 11 heteroatoms. The Bertz CT molecular complexity index is 2120. The summed E-state index contributed by atoms with van der Waals surface area (Å²) in [6, 6.07) is 12.6. The zero-order chi connectivity index (χ0) is 31.0. The van der Waals surface area contributed by atoms with Crippen molar-refractivity contribution in [2.24, 2.45) is 5.92 Å². The molecule has 0 bridgehead atoms. The molecule has 1 aliphatic rings. The highest BCUT2D eigenvalue weighted by molar-refractivity contribution is 7.90. The van der Waals surface area contributed by atoms with Crippen molar-refractivity contribution in [1.29, 1.82) is 0 Å². The summed E-state index contributed by atoms with van der Waals surface area (Å²) in [5, 5.41) is 13.0. The number of aryl methyl sites for hydroxylation is 1. The van der Waals surface area contributed by atoms with Crippen LogP contribution in [-0.2, 0) is 22.8 Å². The molecule has 1 fully saturated rings. The Kier molecular flexibility index (Phi) is 7.88. The molecule has 0 spiro atoms. The number of hydrogen-bond acceptors (Lipinski definition) is 7. The second kappa shape index (κ2) is 12.1. The standard InChI is InChI=1S/C34H34FN7O2S/c1-45(43,44)9-7-22-10-24(13-26(35)12-22)33-27-15-31(40-29(27)6-8-38-33)34-28-14-30(39-20-32(28)41-42-34)25-11-23(18-37-19-25)17-36-16-21-4-2-3-5-21/h6,8,10-15,18-21,36,40H,2-5,7,9,16-17H2,1H3,(H,41,42). The Balaban J connectivity index is 1.19. The predicted molar refractivity (Wildman–Crippen MR) is 175 cm³/mol. The first-order valence-corrected chi connectivity index (χ1v) is 17.3. The Morgan fingerprint density at radius 1 is 0.911 bits per heavy atom. The van der Waals surface area contributed by atoms with E-state index in [9.17, 15) is 12.8 Å². The second-order valence-corrected chi connectivity index (χ2v) is 14.3. The first kappa shape index (κ1) is 29.2. The normalized spacial score (nSPS) is 14.2. The van der Waals surface area contributed by atoms with Crippen molar-refractivity contribution >= 4 is 31.6 Å². The maximum absolute atomic E-state index is 14.7. The maximum Gasteiger partial charge on any atom is 0.147 e. The van der Waals surface area contributed by atoms with Gasteiger partial charge in [0.25, 0.3) is 0 Å². The first-order valence-electron chi connectivity index (χ1n) is 15.2. The summed E-state index contributed by atoms with van der Waals surface area (Å²) in [6.07, 6.45) is 13.9. The van der Waals surface area contributed by atoms with Crippen LogP contribution in [0.5, 0.6) is 0 Å². The van der Waals surface area contributed by atoms with Gasteiger partial charge in [0.2, 0.25) is 0 Å². The molecular weight excluding hydrogens is 589 g/mol. The Morgan fingerprint density at radius 3 is 2.58 bits per heavy atom. The molecule has 1 aromatic carbocycles. The van der Waals surface area contributed by atoms with E-state index in [-0.39, 0.29) is 12.2 Å². The van der Waals surface area contributed by atoms with E-state index in [1.807, 2.05) is 30.6 Å². The van der Waals surface area contributed by atoms with Gasteiger partial charge in [-0.1, -0.05) is 12.8 Å². The molecule has 0 radical (unpaired) electrons. The molecule has 1 saturated carbocycles. The van der Waals surface area contributed by atoms with Crippen LogP contribution in [0.25, 0.3) is 55.7 Å². The van der Waals surface area contributed by atoms with E-state index >= 15 is 0 Å². The van der Waals surface area contributed by atoms with Gasteiger partial charge in [-0.25, -0.2) is 12.8 Å². The van der Waals surface area contributed by atoms with Crippen molar-refractivity contribution in [3.63, 3.8) is 0 Å². The lowest BCUT2D eigenvalue weighted by atomic mass is 10.0. The van der Waals surface area contributed by atoms with Gasteiger partial charge in [-0.15, -0.1) is 0 Å². The quantitative estimate of drug-likeness (QED) is 0.165. The molecule has 230 valence electrons. The number of nitrogens with zero attached hydrogens (tertiary/aromatic N) is 4. The SMILES string of the molecule is CS(=O)(=O)CCc1cc(F)cc(-c2nccc3[nH]c(-c4n[nH]c5cnc(-c6cncc(CNCC7CCCC7)c6)cc45)cc23)c1. The molecule has 5 aromatic heterocycles. The number of halogens is 1. The number of benzene rings is 1. The van der Waals surface area contributed by atoms with Crippen LogP contribution in [0.2, 0.25) is 0 Å². The van der Waals surface area contributed by atoms with Crippen molar-refractivity contribution in [2.75, 3.05) is 18.6 Å². The summed E-state index contributed by atoms with van der Waals surface area (Å²) in [6.45, 7) is 1.81. The number of fused-ring (bicyclic) bond motifs is 2. The molecule has 7 rings (SSSR count). The highest BCUT2D eigenvalue weighted by atomic mass is 32.2. The molecule has 0 amide bonds. The van der Waals surface area contributed by atoms with Crippen LogP contribution in [0.1, 0.15) is 36.8 Å². The van der Waals surface area contributed by atoms with E-state index in [2.05, 4.69) is 41.5 Å². The number of aromatic nitrogens is 6. The van der Waals surface area contributed by atoms with Gasteiger partial charge in [0.1, 0.15) is 21.3 Å². The van der Waals surface area contributed by atoms with E-state index < -0.39 is 15.7 Å². The fraction of sp³-hybridized carbons (Fsp3) is 0.294. The van der Waals surface area contributed by atoms with E-state index in [1.165, 1.54) is 44.1 Å². The molecule has 5 heterocycles. The molecule has 9 nitrogen and oxygen atoms in total. The molecule has 0 aliphatic heterocycles. The zero-order valence-corrected chi connectivity index (χ0v) is 25.8. The van der Waals surface area contributed by atoms with Gasteiger partial charge in [-0.3, -0.25) is 20.1 Å². The van der Waals surface area contributed by atoms with Crippen LogP contribution in [0, 0.1) is 11.7 Å². The van der Waals surface area contributed by atoms with E-state index in [0.717, 1.165) is 69.0 Å². The number of aromatic amines is 2. The lowest BCUT2D eigenvalue weighted by Crippen LogP contribution is -2.20. The fourth-order valence-corrected chi connectivity index (χ4v) is 6.89. The van der Waals surface area contributed by atoms with Crippen LogP contribution >= 0.6 is 0 Å². The molecule has 45 heavy (non-hydrogen) atoms. The maximum atomic E-state index is 14.7. The van der Waals surface area contributed by atoms with Crippen molar-refractivity contribution < 1.29 is 12.8 Å². The van der Waals surface area contributed by atoms with E-state index in [4.69, 9.17) is 0 Å². The molecule has 0 unspecified atom stereocenters. The number of nitrogens with one attached hydrogen (secondary N) is 3. The van der Waals surface area contributed by atoms with Gasteiger partial charge >= 0.3 is 0 Å². The molecule has 6 aromatic rings. The summed E-state index contributed by atoms with van der Waals surface area (Å²) < 4.78 is 38.0. The minimum Gasteiger partial charge on any atom is -0.353 e. The average Bonchev–Trinajstić information content (AvgIpc) is 3.79. The van der Waals surface area contributed by atoms with Gasteiger partial charge in [-0.05, 0) is 85.3 Å². The summed E-state index contributed by atoms with van der Waals surface area (Å²) in [7, 11) is -3.18. The first-order chi connectivity index (χ1) is 21.8. The Morgan fingerprint density at radius 2 is 1.73 bits per heavy atom. The largest absolute Gasteiger partial charge is 0.353 e. The lowest BCUT2D eigenvalue weighted by Gasteiger charge is -2.11. The van der Waals surface area contributed by atoms with Gasteiger partial charge in [-0.2, -0.15) is 5.10 Å². The van der Waals surface area contributed by atoms with Crippen LogP contribution in [0.4, 0.5) is 4.39 Å². The summed E-state index contributed by atoms with van der Waals surface area (Å²) in [4.78, 5) is 17.2. The topological polar surface area (TPSA) is 129 Å². The van der Waals surface area contributed by atoms with Crippen molar-refractivity contribution in [2.45, 2.75) is 38.6 Å². The molecule has 3 N–H and O–H groups in total. The van der Waals surface area contributed by atoms with E-state index in [1.54, 1.807) is 18.5 Å². The van der Waals surface area contributed by atoms with Gasteiger partial charge in [0.05, 0.1) is 34.5 Å². The molecule has 0 atom stereocenters. The number of sulfone groups is 1. The molecule has 1 aliphatic carbocycles. The van der Waals surface area contributed by atoms with Crippen molar-refractivity contribution in [1.82, 2.24) is 35.5 Å². The Labute approximate surface area is 260 Å².